The summed E-state index contributed by atoms with van der Waals surface area (Å²) in [6.45, 7) is 5.78. The van der Waals surface area contributed by atoms with E-state index in [2.05, 4.69) is 29.5 Å². The van der Waals surface area contributed by atoms with Gasteiger partial charge < -0.3 is 5.32 Å². The molecule has 3 unspecified atom stereocenters. The van der Waals surface area contributed by atoms with Crippen LogP contribution in [0.3, 0.4) is 0 Å². The monoisotopic (exact) mass is 278 g/mol. The molecule has 2 aliphatic carbocycles. The molecule has 0 aliphatic heterocycles. The van der Waals surface area contributed by atoms with Crippen LogP contribution in [0.1, 0.15) is 49.7 Å². The fourth-order valence-corrected chi connectivity index (χ4v) is 4.08. The lowest BCUT2D eigenvalue weighted by molar-refractivity contribution is 0.182. The molecule has 1 N–H and O–H groups in total. The second-order valence-electron chi connectivity index (χ2n) is 6.68. The molecular weight excluding hydrogens is 252 g/mol. The summed E-state index contributed by atoms with van der Waals surface area (Å²) < 4.78 is 0. The maximum Gasteiger partial charge on any atom is 0.0897 e. The molecular formula is C16H26N2S. The van der Waals surface area contributed by atoms with Gasteiger partial charge in [0, 0.05) is 11.4 Å². The molecule has 0 saturated heterocycles. The van der Waals surface area contributed by atoms with Crippen molar-refractivity contribution in [1.82, 2.24) is 10.3 Å². The van der Waals surface area contributed by atoms with Crippen LogP contribution in [0.25, 0.3) is 0 Å². The molecule has 2 saturated carbocycles. The SMILES string of the molecule is Cc1nc(CC2CC(C)CCC2CNC2CC2)cs1. The quantitative estimate of drug-likeness (QED) is 0.886. The molecule has 1 aromatic heterocycles. The van der Waals surface area contributed by atoms with Crippen LogP contribution in [0.5, 0.6) is 0 Å². The van der Waals surface area contributed by atoms with Gasteiger partial charge in [-0.25, -0.2) is 4.98 Å². The van der Waals surface area contributed by atoms with Crippen LogP contribution in [-0.4, -0.2) is 17.6 Å². The molecule has 3 rings (SSSR count). The van der Waals surface area contributed by atoms with Crippen molar-refractivity contribution >= 4 is 11.3 Å². The third kappa shape index (κ3) is 3.79. The van der Waals surface area contributed by atoms with Crippen molar-refractivity contribution in [3.05, 3.63) is 16.1 Å². The van der Waals surface area contributed by atoms with Gasteiger partial charge in [-0.2, -0.15) is 0 Å². The normalized spacial score (nSPS) is 31.6. The van der Waals surface area contributed by atoms with Crippen LogP contribution in [0.15, 0.2) is 5.38 Å². The third-order valence-corrected chi connectivity index (χ3v) is 5.61. The van der Waals surface area contributed by atoms with Gasteiger partial charge >= 0.3 is 0 Å². The van der Waals surface area contributed by atoms with Gasteiger partial charge in [-0.15, -0.1) is 11.3 Å². The molecule has 106 valence electrons. The highest BCUT2D eigenvalue weighted by Gasteiger charge is 2.30. The van der Waals surface area contributed by atoms with Crippen molar-refractivity contribution in [2.45, 2.75) is 58.4 Å². The Kier molecular flexibility index (Phi) is 4.23. The Morgan fingerprint density at radius 3 is 2.79 bits per heavy atom. The lowest BCUT2D eigenvalue weighted by Gasteiger charge is -2.35. The van der Waals surface area contributed by atoms with Gasteiger partial charge in [0.25, 0.3) is 0 Å². The van der Waals surface area contributed by atoms with Crippen molar-refractivity contribution in [3.63, 3.8) is 0 Å². The number of nitrogens with zero attached hydrogens (tertiary/aromatic N) is 1. The highest BCUT2D eigenvalue weighted by Crippen LogP contribution is 2.36. The van der Waals surface area contributed by atoms with E-state index < -0.39 is 0 Å². The Hall–Kier alpha value is -0.410. The number of aromatic nitrogens is 1. The summed E-state index contributed by atoms with van der Waals surface area (Å²) in [4.78, 5) is 4.67. The zero-order valence-corrected chi connectivity index (χ0v) is 13.0. The maximum absolute atomic E-state index is 4.67. The van der Waals surface area contributed by atoms with Crippen LogP contribution in [0.4, 0.5) is 0 Å². The number of thiazole rings is 1. The second kappa shape index (κ2) is 5.92. The Balaban J connectivity index is 1.59. The van der Waals surface area contributed by atoms with E-state index in [1.54, 1.807) is 11.3 Å². The number of hydrogen-bond acceptors (Lipinski definition) is 3. The molecule has 1 heterocycles. The minimum atomic E-state index is 0.844. The first-order chi connectivity index (χ1) is 9.20. The molecule has 0 amide bonds. The minimum Gasteiger partial charge on any atom is -0.314 e. The van der Waals surface area contributed by atoms with Crippen LogP contribution < -0.4 is 5.32 Å². The summed E-state index contributed by atoms with van der Waals surface area (Å²) in [5, 5.41) is 7.22. The molecule has 3 heteroatoms. The summed E-state index contributed by atoms with van der Waals surface area (Å²) in [6.07, 6.45) is 8.23. The van der Waals surface area contributed by atoms with Crippen LogP contribution in [0.2, 0.25) is 0 Å². The summed E-state index contributed by atoms with van der Waals surface area (Å²) in [5.74, 6) is 2.62. The fraction of sp³-hybridized carbons (Fsp3) is 0.812. The van der Waals surface area contributed by atoms with Crippen molar-refractivity contribution in [2.24, 2.45) is 17.8 Å². The smallest absolute Gasteiger partial charge is 0.0897 e. The van der Waals surface area contributed by atoms with E-state index in [0.717, 1.165) is 23.8 Å². The van der Waals surface area contributed by atoms with Gasteiger partial charge in [0.15, 0.2) is 0 Å². The molecule has 0 aromatic carbocycles. The average Bonchev–Trinajstić information content (AvgIpc) is 3.12. The fourth-order valence-electron chi connectivity index (χ4n) is 3.46. The highest BCUT2D eigenvalue weighted by molar-refractivity contribution is 7.09. The Labute approximate surface area is 121 Å². The van der Waals surface area contributed by atoms with Gasteiger partial charge in [-0.3, -0.25) is 0 Å². The molecule has 2 aliphatic rings. The topological polar surface area (TPSA) is 24.9 Å². The van der Waals surface area contributed by atoms with E-state index in [0.29, 0.717) is 0 Å². The average molecular weight is 278 g/mol. The van der Waals surface area contributed by atoms with E-state index in [4.69, 9.17) is 0 Å². The molecule has 3 atom stereocenters. The lowest BCUT2D eigenvalue weighted by Crippen LogP contribution is -2.34. The standard InChI is InChI=1S/C16H26N2S/c1-11-3-4-13(9-17-15-5-6-15)14(7-11)8-16-10-19-12(2)18-16/h10-11,13-15,17H,3-9H2,1-2H3. The molecule has 0 bridgehead atoms. The van der Waals surface area contributed by atoms with Crippen molar-refractivity contribution in [3.8, 4) is 0 Å². The zero-order chi connectivity index (χ0) is 13.2. The minimum absolute atomic E-state index is 0.844. The lowest BCUT2D eigenvalue weighted by atomic mass is 9.73. The summed E-state index contributed by atoms with van der Waals surface area (Å²) in [5.41, 5.74) is 1.33. The van der Waals surface area contributed by atoms with Gasteiger partial charge in [-0.05, 0) is 63.3 Å². The predicted molar refractivity (Wildman–Crippen MR) is 81.6 cm³/mol. The van der Waals surface area contributed by atoms with E-state index in [1.165, 1.54) is 55.8 Å². The number of rotatable bonds is 5. The first-order valence-electron chi connectivity index (χ1n) is 7.85. The molecule has 0 radical (unpaired) electrons. The largest absolute Gasteiger partial charge is 0.314 e. The molecule has 1 aromatic rings. The van der Waals surface area contributed by atoms with Crippen molar-refractivity contribution < 1.29 is 0 Å². The second-order valence-corrected chi connectivity index (χ2v) is 7.75. The van der Waals surface area contributed by atoms with Crippen molar-refractivity contribution in [2.75, 3.05) is 6.54 Å². The van der Waals surface area contributed by atoms with E-state index in [-0.39, 0.29) is 0 Å². The third-order valence-electron chi connectivity index (χ3n) is 4.79. The first-order valence-corrected chi connectivity index (χ1v) is 8.73. The Morgan fingerprint density at radius 2 is 2.11 bits per heavy atom. The van der Waals surface area contributed by atoms with Gasteiger partial charge in [0.2, 0.25) is 0 Å². The molecule has 2 nitrogen and oxygen atoms in total. The molecule has 19 heavy (non-hydrogen) atoms. The summed E-state index contributed by atoms with van der Waals surface area (Å²) in [7, 11) is 0. The Morgan fingerprint density at radius 1 is 1.26 bits per heavy atom. The van der Waals surface area contributed by atoms with E-state index in [9.17, 15) is 0 Å². The van der Waals surface area contributed by atoms with E-state index in [1.807, 2.05) is 0 Å². The van der Waals surface area contributed by atoms with Gasteiger partial charge in [0.1, 0.15) is 0 Å². The summed E-state index contributed by atoms with van der Waals surface area (Å²) in [6, 6.07) is 0.849. The number of nitrogens with one attached hydrogen (secondary N) is 1. The molecule has 2 fully saturated rings. The summed E-state index contributed by atoms with van der Waals surface area (Å²) >= 11 is 1.80. The van der Waals surface area contributed by atoms with Crippen LogP contribution in [-0.2, 0) is 6.42 Å². The van der Waals surface area contributed by atoms with Crippen LogP contribution >= 0.6 is 11.3 Å². The van der Waals surface area contributed by atoms with Gasteiger partial charge in [-0.1, -0.05) is 13.3 Å². The number of aryl methyl sites for hydroxylation is 1. The van der Waals surface area contributed by atoms with E-state index >= 15 is 0 Å². The van der Waals surface area contributed by atoms with Crippen LogP contribution in [0, 0.1) is 24.7 Å². The van der Waals surface area contributed by atoms with Gasteiger partial charge in [0.05, 0.1) is 10.7 Å². The van der Waals surface area contributed by atoms with Crippen molar-refractivity contribution in [1.29, 1.82) is 0 Å². The Bertz CT molecular complexity index is 411. The maximum atomic E-state index is 4.67. The predicted octanol–water partition coefficient (Wildman–Crippen LogP) is 3.80. The highest BCUT2D eigenvalue weighted by atomic mass is 32.1. The first kappa shape index (κ1) is 13.6. The molecule has 0 spiro atoms. The number of hydrogen-bond donors (Lipinski definition) is 1. The zero-order valence-electron chi connectivity index (χ0n) is 12.2.